The Kier molecular flexibility index (Phi) is 5.13. The molecule has 3 rings (SSSR count). The summed E-state index contributed by atoms with van der Waals surface area (Å²) in [5, 5.41) is 17.0. The fourth-order valence-corrected chi connectivity index (χ4v) is 3.69. The third-order valence-corrected chi connectivity index (χ3v) is 5.20. The van der Waals surface area contributed by atoms with Gasteiger partial charge in [0.25, 0.3) is 0 Å². The Morgan fingerprint density at radius 3 is 2.38 bits per heavy atom. The lowest BCUT2D eigenvalue weighted by Crippen LogP contribution is -2.51. The van der Waals surface area contributed by atoms with Crippen molar-refractivity contribution in [3.8, 4) is 0 Å². The number of nitrogens with zero attached hydrogens (tertiary/aromatic N) is 4. The third-order valence-electron chi connectivity index (χ3n) is 5.20. The average Bonchev–Trinajstić information content (AvgIpc) is 3.00. The molecule has 0 bridgehead atoms. The summed E-state index contributed by atoms with van der Waals surface area (Å²) in [7, 11) is 0. The Balaban J connectivity index is 1.54. The van der Waals surface area contributed by atoms with Crippen LogP contribution in [0.15, 0.2) is 4.63 Å². The van der Waals surface area contributed by atoms with Crippen LogP contribution in [0, 0.1) is 18.8 Å². The Labute approximate surface area is 140 Å². The van der Waals surface area contributed by atoms with Crippen molar-refractivity contribution in [3.05, 3.63) is 11.4 Å². The van der Waals surface area contributed by atoms with E-state index in [4.69, 9.17) is 4.63 Å². The molecule has 1 amide bonds. The van der Waals surface area contributed by atoms with E-state index in [-0.39, 0.29) is 11.8 Å². The Bertz CT molecular complexity index is 595. The minimum Gasteiger partial charge on any atom is -0.481 e. The van der Waals surface area contributed by atoms with E-state index in [2.05, 4.69) is 15.2 Å². The Morgan fingerprint density at radius 2 is 1.79 bits per heavy atom. The van der Waals surface area contributed by atoms with Crippen molar-refractivity contribution < 1.29 is 19.3 Å². The van der Waals surface area contributed by atoms with Gasteiger partial charge in [-0.2, -0.15) is 0 Å². The number of carbonyl (C=O) groups excluding carboxylic acids is 1. The van der Waals surface area contributed by atoms with Crippen LogP contribution in [0.2, 0.25) is 0 Å². The zero-order valence-corrected chi connectivity index (χ0v) is 14.0. The van der Waals surface area contributed by atoms with Crippen LogP contribution >= 0.6 is 0 Å². The van der Waals surface area contributed by atoms with Crippen LogP contribution in [0.4, 0.5) is 0 Å². The predicted octanol–water partition coefficient (Wildman–Crippen LogP) is 0.913. The fourth-order valence-electron chi connectivity index (χ4n) is 3.69. The molecule has 1 saturated carbocycles. The largest absolute Gasteiger partial charge is 0.481 e. The zero-order valence-electron chi connectivity index (χ0n) is 14.0. The van der Waals surface area contributed by atoms with E-state index >= 15 is 0 Å². The minimum absolute atomic E-state index is 0.0148. The highest BCUT2D eigenvalue weighted by molar-refractivity contribution is 5.85. The number of rotatable bonds is 4. The molecular formula is C16H24N4O4. The van der Waals surface area contributed by atoms with Gasteiger partial charge in [0.1, 0.15) is 11.4 Å². The molecule has 1 aliphatic heterocycles. The van der Waals surface area contributed by atoms with Gasteiger partial charge in [-0.3, -0.25) is 14.5 Å². The molecule has 2 aliphatic rings. The number of carboxylic acids is 1. The first-order valence-electron chi connectivity index (χ1n) is 8.58. The van der Waals surface area contributed by atoms with E-state index in [1.165, 1.54) is 0 Å². The molecule has 132 valence electrons. The number of aromatic nitrogens is 2. The van der Waals surface area contributed by atoms with Crippen LogP contribution in [0.1, 0.15) is 37.1 Å². The molecule has 2 heterocycles. The Hall–Kier alpha value is -1.96. The Morgan fingerprint density at radius 1 is 1.12 bits per heavy atom. The molecule has 8 nitrogen and oxygen atoms in total. The van der Waals surface area contributed by atoms with Gasteiger partial charge in [0.05, 0.1) is 11.8 Å². The van der Waals surface area contributed by atoms with E-state index in [9.17, 15) is 14.7 Å². The summed E-state index contributed by atoms with van der Waals surface area (Å²) >= 11 is 0. The van der Waals surface area contributed by atoms with Gasteiger partial charge in [-0.1, -0.05) is 23.2 Å². The van der Waals surface area contributed by atoms with Gasteiger partial charge in [-0.05, 0) is 19.8 Å². The average molecular weight is 336 g/mol. The highest BCUT2D eigenvalue weighted by atomic mass is 16.6. The molecule has 2 unspecified atom stereocenters. The van der Waals surface area contributed by atoms with Crippen molar-refractivity contribution in [2.24, 2.45) is 11.8 Å². The van der Waals surface area contributed by atoms with Crippen LogP contribution in [0.3, 0.4) is 0 Å². The molecule has 2 atom stereocenters. The molecule has 1 aromatic heterocycles. The second kappa shape index (κ2) is 7.29. The van der Waals surface area contributed by atoms with Crippen LogP contribution in [0.25, 0.3) is 0 Å². The number of hydrogen-bond donors (Lipinski definition) is 1. The van der Waals surface area contributed by atoms with E-state index in [1.807, 2.05) is 11.8 Å². The normalized spacial score (nSPS) is 25.6. The molecule has 1 aromatic rings. The summed E-state index contributed by atoms with van der Waals surface area (Å²) in [6, 6.07) is 0. The molecule has 0 aromatic carbocycles. The summed E-state index contributed by atoms with van der Waals surface area (Å²) in [4.78, 5) is 28.2. The summed E-state index contributed by atoms with van der Waals surface area (Å²) in [6.45, 7) is 5.29. The minimum atomic E-state index is -0.833. The number of carboxylic acid groups (broad SMARTS) is 1. The van der Waals surface area contributed by atoms with Crippen LogP contribution in [-0.2, 0) is 16.1 Å². The molecule has 1 N–H and O–H groups in total. The van der Waals surface area contributed by atoms with Crippen molar-refractivity contribution in [1.82, 2.24) is 20.1 Å². The zero-order chi connectivity index (χ0) is 17.1. The molecule has 24 heavy (non-hydrogen) atoms. The number of amides is 1. The summed E-state index contributed by atoms with van der Waals surface area (Å²) < 4.78 is 4.71. The van der Waals surface area contributed by atoms with Gasteiger partial charge in [0.2, 0.25) is 5.91 Å². The van der Waals surface area contributed by atoms with E-state index < -0.39 is 11.9 Å². The maximum absolute atomic E-state index is 12.8. The molecular weight excluding hydrogens is 312 g/mol. The maximum atomic E-state index is 12.8. The number of carbonyl (C=O) groups is 2. The highest BCUT2D eigenvalue weighted by Crippen LogP contribution is 2.32. The van der Waals surface area contributed by atoms with Gasteiger partial charge in [-0.25, -0.2) is 4.63 Å². The lowest BCUT2D eigenvalue weighted by Gasteiger charge is -2.38. The van der Waals surface area contributed by atoms with Gasteiger partial charge in [0, 0.05) is 32.7 Å². The van der Waals surface area contributed by atoms with E-state index in [0.29, 0.717) is 32.5 Å². The molecule has 1 saturated heterocycles. The van der Waals surface area contributed by atoms with Gasteiger partial charge >= 0.3 is 5.97 Å². The highest BCUT2D eigenvalue weighted by Gasteiger charge is 2.38. The van der Waals surface area contributed by atoms with E-state index in [1.54, 1.807) is 0 Å². The molecule has 8 heteroatoms. The van der Waals surface area contributed by atoms with Gasteiger partial charge in [0.15, 0.2) is 0 Å². The van der Waals surface area contributed by atoms with Crippen molar-refractivity contribution >= 4 is 11.9 Å². The number of aryl methyl sites for hydroxylation is 1. The second-order valence-electron chi connectivity index (χ2n) is 6.73. The lowest BCUT2D eigenvalue weighted by molar-refractivity contribution is -0.153. The first kappa shape index (κ1) is 16.9. The van der Waals surface area contributed by atoms with Crippen molar-refractivity contribution in [2.45, 2.75) is 39.2 Å². The number of hydrogen-bond acceptors (Lipinski definition) is 6. The van der Waals surface area contributed by atoms with Crippen LogP contribution in [0.5, 0.6) is 0 Å². The lowest BCUT2D eigenvalue weighted by atomic mass is 9.78. The summed E-state index contributed by atoms with van der Waals surface area (Å²) in [6.07, 6.45) is 3.15. The number of aliphatic carboxylic acids is 1. The monoisotopic (exact) mass is 336 g/mol. The first-order valence-corrected chi connectivity index (χ1v) is 8.58. The van der Waals surface area contributed by atoms with E-state index in [0.717, 1.165) is 37.3 Å². The van der Waals surface area contributed by atoms with Gasteiger partial charge in [-0.15, -0.1) is 0 Å². The number of piperazine rings is 1. The topological polar surface area (TPSA) is 99.8 Å². The molecule has 2 fully saturated rings. The van der Waals surface area contributed by atoms with Gasteiger partial charge < -0.3 is 10.0 Å². The third kappa shape index (κ3) is 3.58. The smallest absolute Gasteiger partial charge is 0.307 e. The van der Waals surface area contributed by atoms with Crippen molar-refractivity contribution in [3.63, 3.8) is 0 Å². The first-order chi connectivity index (χ1) is 11.6. The SMILES string of the molecule is Cc1nonc1CN1CCN(C(=O)C2CCCCC2C(=O)O)CC1. The standard InChI is InChI=1S/C16H24N4O4/c1-11-14(18-24-17-11)10-19-6-8-20(9-7-19)15(21)12-4-2-3-5-13(12)16(22)23/h12-13H,2-10H2,1H3,(H,22,23). The van der Waals surface area contributed by atoms with Crippen LogP contribution < -0.4 is 0 Å². The summed E-state index contributed by atoms with van der Waals surface area (Å²) in [5.41, 5.74) is 1.62. The summed E-state index contributed by atoms with van der Waals surface area (Å²) in [5.74, 6) is -1.69. The maximum Gasteiger partial charge on any atom is 0.307 e. The molecule has 1 aliphatic carbocycles. The fraction of sp³-hybridized carbons (Fsp3) is 0.750. The molecule has 0 spiro atoms. The van der Waals surface area contributed by atoms with Crippen LogP contribution in [-0.4, -0.2) is 63.3 Å². The second-order valence-corrected chi connectivity index (χ2v) is 6.73. The molecule has 0 radical (unpaired) electrons. The van der Waals surface area contributed by atoms with Crippen molar-refractivity contribution in [2.75, 3.05) is 26.2 Å². The quantitative estimate of drug-likeness (QED) is 0.872. The predicted molar refractivity (Wildman–Crippen MR) is 84.0 cm³/mol. The van der Waals surface area contributed by atoms with Crippen molar-refractivity contribution in [1.29, 1.82) is 0 Å².